The second kappa shape index (κ2) is 6.52. The summed E-state index contributed by atoms with van der Waals surface area (Å²) < 4.78 is 1.33. The van der Waals surface area contributed by atoms with Gasteiger partial charge in [0.15, 0.2) is 0 Å². The Hall–Kier alpha value is -3.55. The summed E-state index contributed by atoms with van der Waals surface area (Å²) in [4.78, 5) is 3.27. The fraction of sp³-hybridized carbons (Fsp3) is 0.167. The van der Waals surface area contributed by atoms with E-state index in [0.29, 0.717) is 0 Å². The molecule has 0 spiro atoms. The van der Waals surface area contributed by atoms with E-state index in [2.05, 4.69) is 16.2 Å². The van der Waals surface area contributed by atoms with Crippen molar-refractivity contribution in [2.75, 3.05) is 12.3 Å². The van der Waals surface area contributed by atoms with Crippen LogP contribution in [-0.2, 0) is 6.54 Å². The molecule has 3 aromatic rings. The molecule has 0 unspecified atom stereocenters. The largest absolute Gasteiger partial charge is 0.394 e. The summed E-state index contributed by atoms with van der Waals surface area (Å²) in [5.74, 6) is 0.142. The number of hydrogen-bond acceptors (Lipinski definition) is 5. The first-order valence-corrected chi connectivity index (χ1v) is 7.67. The van der Waals surface area contributed by atoms with Gasteiger partial charge in [-0.15, -0.1) is 0 Å². The molecule has 2 heterocycles. The van der Waals surface area contributed by atoms with Crippen molar-refractivity contribution >= 4 is 28.4 Å². The Balaban J connectivity index is 2.20. The van der Waals surface area contributed by atoms with E-state index in [0.717, 1.165) is 22.2 Å². The lowest BCUT2D eigenvalue weighted by molar-refractivity contribution is 0.270. The monoisotopic (exact) mass is 332 g/mol. The quantitative estimate of drug-likeness (QED) is 0.631. The highest BCUT2D eigenvalue weighted by Gasteiger charge is 2.19. The Morgan fingerprint density at radius 2 is 2.16 bits per heavy atom. The van der Waals surface area contributed by atoms with E-state index < -0.39 is 0 Å². The number of aliphatic hydroxyl groups is 1. The molecule has 25 heavy (non-hydrogen) atoms. The van der Waals surface area contributed by atoms with Crippen molar-refractivity contribution < 1.29 is 5.11 Å². The number of nitrogen functional groups attached to an aromatic ring is 1. The minimum absolute atomic E-state index is 0.138. The van der Waals surface area contributed by atoms with Gasteiger partial charge in [-0.05, 0) is 19.1 Å². The summed E-state index contributed by atoms with van der Waals surface area (Å²) in [6.45, 7) is 1.92. The van der Waals surface area contributed by atoms with Gasteiger partial charge in [0, 0.05) is 22.2 Å². The van der Waals surface area contributed by atoms with Gasteiger partial charge >= 0.3 is 0 Å². The lowest BCUT2D eigenvalue weighted by Gasteiger charge is -1.99. The Kier molecular flexibility index (Phi) is 4.25. The number of H-pyrrole nitrogens is 1. The normalized spacial score (nSPS) is 11.4. The highest BCUT2D eigenvalue weighted by molar-refractivity contribution is 5.99. The van der Waals surface area contributed by atoms with Crippen LogP contribution in [0.2, 0.25) is 0 Å². The first kappa shape index (κ1) is 16.3. The molecule has 124 valence electrons. The third kappa shape index (κ3) is 2.74. The fourth-order valence-corrected chi connectivity index (χ4v) is 2.82. The second-order valence-corrected chi connectivity index (χ2v) is 5.55. The molecule has 7 heteroatoms. The Morgan fingerprint density at radius 1 is 1.40 bits per heavy atom. The molecule has 3 rings (SSSR count). The maximum Gasteiger partial charge on any atom is 0.140 e. The number of hydrogen-bond donors (Lipinski definition) is 3. The van der Waals surface area contributed by atoms with Crippen LogP contribution in [0, 0.1) is 29.6 Å². The van der Waals surface area contributed by atoms with Gasteiger partial charge in [0.05, 0.1) is 18.7 Å². The van der Waals surface area contributed by atoms with Crippen LogP contribution in [0.25, 0.3) is 22.6 Å². The number of aromatic amines is 1. The van der Waals surface area contributed by atoms with Crippen LogP contribution in [-0.4, -0.2) is 26.5 Å². The van der Waals surface area contributed by atoms with Gasteiger partial charge in [-0.1, -0.05) is 18.2 Å². The Morgan fingerprint density at radius 3 is 2.84 bits per heavy atom. The number of rotatable bonds is 4. The van der Waals surface area contributed by atoms with Gasteiger partial charge in [-0.2, -0.15) is 15.6 Å². The number of fused-ring (bicyclic) bond motifs is 1. The molecular weight excluding hydrogens is 316 g/mol. The summed E-state index contributed by atoms with van der Waals surface area (Å²) >= 11 is 0. The number of para-hydroxylation sites is 1. The van der Waals surface area contributed by atoms with E-state index in [-0.39, 0.29) is 35.8 Å². The average Bonchev–Trinajstić information content (AvgIpc) is 3.09. The molecule has 0 aliphatic rings. The van der Waals surface area contributed by atoms with E-state index in [1.165, 1.54) is 4.68 Å². The molecule has 0 radical (unpaired) electrons. The summed E-state index contributed by atoms with van der Waals surface area (Å²) in [5, 5.41) is 33.3. The molecule has 0 atom stereocenters. The van der Waals surface area contributed by atoms with Gasteiger partial charge in [0.2, 0.25) is 0 Å². The molecule has 0 saturated heterocycles. The molecule has 0 saturated carbocycles. The number of allylic oxidation sites excluding steroid dienone is 1. The van der Waals surface area contributed by atoms with Gasteiger partial charge < -0.3 is 15.8 Å². The molecule has 0 aliphatic heterocycles. The lowest BCUT2D eigenvalue weighted by atomic mass is 10.0. The highest BCUT2D eigenvalue weighted by atomic mass is 16.3. The van der Waals surface area contributed by atoms with Gasteiger partial charge in [0.25, 0.3) is 0 Å². The van der Waals surface area contributed by atoms with E-state index in [4.69, 9.17) is 10.8 Å². The van der Waals surface area contributed by atoms with E-state index in [1.54, 1.807) is 6.08 Å². The summed E-state index contributed by atoms with van der Waals surface area (Å²) in [6.07, 6.45) is 1.71. The van der Waals surface area contributed by atoms with Crippen LogP contribution in [0.1, 0.15) is 22.5 Å². The van der Waals surface area contributed by atoms with Crippen LogP contribution in [0.3, 0.4) is 0 Å². The minimum atomic E-state index is -0.163. The third-order valence-electron chi connectivity index (χ3n) is 4.02. The van der Waals surface area contributed by atoms with Crippen molar-refractivity contribution in [3.05, 3.63) is 46.8 Å². The van der Waals surface area contributed by atoms with Crippen LogP contribution >= 0.6 is 0 Å². The minimum Gasteiger partial charge on any atom is -0.394 e. The molecule has 0 fully saturated rings. The number of benzene rings is 1. The fourth-order valence-electron chi connectivity index (χ4n) is 2.82. The third-order valence-corrected chi connectivity index (χ3v) is 4.02. The predicted molar refractivity (Wildman–Crippen MR) is 95.0 cm³/mol. The molecule has 0 bridgehead atoms. The van der Waals surface area contributed by atoms with Crippen molar-refractivity contribution in [3.63, 3.8) is 0 Å². The van der Waals surface area contributed by atoms with Gasteiger partial charge in [-0.3, -0.25) is 0 Å². The van der Waals surface area contributed by atoms with Gasteiger partial charge in [-0.25, -0.2) is 4.68 Å². The standard InChI is InChI=1S/C18H16N6O/c1-11-14(13-4-2-3-5-16(13)22-11)8-12(9-19)17-15(10-20)18(21)24(23-17)6-7-25/h2-5,8,22,25H,6-7,21H2,1H3. The van der Waals surface area contributed by atoms with Crippen molar-refractivity contribution in [2.45, 2.75) is 13.5 Å². The topological polar surface area (TPSA) is 127 Å². The van der Waals surface area contributed by atoms with Crippen LogP contribution < -0.4 is 5.73 Å². The number of nitrogens with two attached hydrogens (primary N) is 1. The van der Waals surface area contributed by atoms with Crippen molar-refractivity contribution in [2.24, 2.45) is 0 Å². The summed E-state index contributed by atoms with van der Waals surface area (Å²) in [6, 6.07) is 11.9. The molecule has 4 N–H and O–H groups in total. The van der Waals surface area contributed by atoms with E-state index in [1.807, 2.05) is 37.3 Å². The number of anilines is 1. The summed E-state index contributed by atoms with van der Waals surface area (Å²) in [5.41, 5.74) is 9.26. The molecule has 2 aromatic heterocycles. The highest BCUT2D eigenvalue weighted by Crippen LogP contribution is 2.29. The number of aromatic nitrogens is 3. The maximum atomic E-state index is 9.61. The van der Waals surface area contributed by atoms with Crippen molar-refractivity contribution in [1.82, 2.24) is 14.8 Å². The van der Waals surface area contributed by atoms with Gasteiger partial charge in [0.1, 0.15) is 29.2 Å². The van der Waals surface area contributed by atoms with E-state index >= 15 is 0 Å². The zero-order valence-electron chi connectivity index (χ0n) is 13.6. The number of nitrogens with zero attached hydrogens (tertiary/aromatic N) is 4. The Bertz CT molecular complexity index is 1060. The van der Waals surface area contributed by atoms with E-state index in [9.17, 15) is 10.5 Å². The lowest BCUT2D eigenvalue weighted by Crippen LogP contribution is -2.07. The van der Waals surface area contributed by atoms with Crippen LogP contribution in [0.15, 0.2) is 24.3 Å². The first-order chi connectivity index (χ1) is 12.1. The molecule has 7 nitrogen and oxygen atoms in total. The van der Waals surface area contributed by atoms with Crippen LogP contribution in [0.5, 0.6) is 0 Å². The molecule has 1 aromatic carbocycles. The molecular formula is C18H16N6O. The zero-order chi connectivity index (χ0) is 18.0. The number of aryl methyl sites for hydroxylation is 1. The van der Waals surface area contributed by atoms with Crippen molar-refractivity contribution in [3.8, 4) is 12.1 Å². The summed E-state index contributed by atoms with van der Waals surface area (Å²) in [7, 11) is 0. The zero-order valence-corrected chi connectivity index (χ0v) is 13.6. The average molecular weight is 332 g/mol. The second-order valence-electron chi connectivity index (χ2n) is 5.55. The van der Waals surface area contributed by atoms with Crippen LogP contribution in [0.4, 0.5) is 5.82 Å². The molecule has 0 aliphatic carbocycles. The number of aliphatic hydroxyl groups excluding tert-OH is 1. The predicted octanol–water partition coefficient (Wildman–Crippen LogP) is 2.18. The number of nitriles is 2. The first-order valence-electron chi connectivity index (χ1n) is 7.67. The number of nitrogens with one attached hydrogen (secondary N) is 1. The Labute approximate surface area is 144 Å². The SMILES string of the molecule is Cc1[nH]c2ccccc2c1C=C(C#N)c1nn(CCO)c(N)c1C#N. The molecule has 0 amide bonds. The smallest absolute Gasteiger partial charge is 0.140 e. The maximum absolute atomic E-state index is 9.61. The van der Waals surface area contributed by atoms with Crippen molar-refractivity contribution in [1.29, 1.82) is 10.5 Å².